The molecule has 0 bridgehead atoms. The van der Waals surface area contributed by atoms with Crippen molar-refractivity contribution < 1.29 is 4.74 Å². The molecule has 0 atom stereocenters. The molecule has 0 aliphatic heterocycles. The van der Waals surface area contributed by atoms with E-state index in [1.54, 1.807) is 19.5 Å². The van der Waals surface area contributed by atoms with Crippen LogP contribution < -0.4 is 10.1 Å². The molecule has 0 amide bonds. The maximum Gasteiger partial charge on any atom is 0.188 e. The zero-order valence-corrected chi connectivity index (χ0v) is 12.5. The summed E-state index contributed by atoms with van der Waals surface area (Å²) in [4.78, 5) is 13.1. The van der Waals surface area contributed by atoms with Crippen molar-refractivity contribution in [2.45, 2.75) is 6.92 Å². The number of hydrogen-bond acceptors (Lipinski definition) is 6. The number of methoxy groups -OCH3 is 1. The summed E-state index contributed by atoms with van der Waals surface area (Å²) in [5.41, 5.74) is 2.67. The molecule has 0 saturated carbocycles. The van der Waals surface area contributed by atoms with Gasteiger partial charge in [0.25, 0.3) is 0 Å². The number of nitrogens with zero attached hydrogens (tertiary/aromatic N) is 3. The van der Waals surface area contributed by atoms with E-state index in [1.165, 1.54) is 11.3 Å². The van der Waals surface area contributed by atoms with Crippen LogP contribution in [0.15, 0.2) is 42.0 Å². The first-order chi connectivity index (χ1) is 10.3. The summed E-state index contributed by atoms with van der Waals surface area (Å²) in [6.07, 6.45) is 3.50. The summed E-state index contributed by atoms with van der Waals surface area (Å²) in [7, 11) is 1.63. The maximum absolute atomic E-state index is 5.31. The molecule has 0 spiro atoms. The molecule has 1 N–H and O–H groups in total. The van der Waals surface area contributed by atoms with Crippen LogP contribution in [0, 0.1) is 6.92 Å². The summed E-state index contributed by atoms with van der Waals surface area (Å²) in [6.45, 7) is 2.03. The molecule has 3 aromatic rings. The lowest BCUT2D eigenvalue weighted by atomic mass is 10.3. The van der Waals surface area contributed by atoms with E-state index >= 15 is 0 Å². The molecule has 0 fully saturated rings. The van der Waals surface area contributed by atoms with Gasteiger partial charge in [-0.15, -0.1) is 11.3 Å². The highest BCUT2D eigenvalue weighted by Crippen LogP contribution is 2.30. The number of anilines is 2. The fourth-order valence-electron chi connectivity index (χ4n) is 1.90. The molecule has 0 aliphatic rings. The third kappa shape index (κ3) is 3.00. The minimum Gasteiger partial charge on any atom is -0.494 e. The predicted molar refractivity (Wildman–Crippen MR) is 84.2 cm³/mol. The summed E-state index contributed by atoms with van der Waals surface area (Å²) in [5, 5.41) is 5.92. The number of nitrogens with one attached hydrogen (secondary N) is 1. The van der Waals surface area contributed by atoms with Crippen molar-refractivity contribution in [2.24, 2.45) is 0 Å². The van der Waals surface area contributed by atoms with Gasteiger partial charge in [-0.1, -0.05) is 0 Å². The minimum atomic E-state index is 0.711. The Balaban J connectivity index is 1.86. The van der Waals surface area contributed by atoms with E-state index in [0.717, 1.165) is 27.9 Å². The number of aryl methyl sites for hydroxylation is 1. The zero-order chi connectivity index (χ0) is 14.7. The monoisotopic (exact) mass is 298 g/mol. The van der Waals surface area contributed by atoms with E-state index in [0.29, 0.717) is 5.75 Å². The number of hydrogen-bond donors (Lipinski definition) is 1. The Hall–Kier alpha value is -2.47. The van der Waals surface area contributed by atoms with Crippen molar-refractivity contribution in [3.05, 3.63) is 47.6 Å². The highest BCUT2D eigenvalue weighted by Gasteiger charge is 2.11. The van der Waals surface area contributed by atoms with E-state index in [9.17, 15) is 0 Å². The van der Waals surface area contributed by atoms with Gasteiger partial charge >= 0.3 is 0 Å². The smallest absolute Gasteiger partial charge is 0.188 e. The van der Waals surface area contributed by atoms with Gasteiger partial charge in [-0.3, -0.25) is 4.98 Å². The minimum absolute atomic E-state index is 0.711. The molecule has 5 nitrogen and oxygen atoms in total. The number of rotatable bonds is 4. The Morgan fingerprint density at radius 3 is 2.90 bits per heavy atom. The second-order valence-electron chi connectivity index (χ2n) is 4.44. The molecule has 3 aromatic heterocycles. The van der Waals surface area contributed by atoms with E-state index in [2.05, 4.69) is 20.3 Å². The standard InChI is InChI=1S/C15H14N4OS/c1-10-5-7-16-13(8-10)19-15-18-11(9-21-15)14-12(20-2)4-3-6-17-14/h3-9H,1-2H3,(H,16,18,19). The molecule has 0 unspecified atom stereocenters. The van der Waals surface area contributed by atoms with Gasteiger partial charge in [0.2, 0.25) is 0 Å². The fraction of sp³-hybridized carbons (Fsp3) is 0.133. The van der Waals surface area contributed by atoms with Crippen molar-refractivity contribution in [2.75, 3.05) is 12.4 Å². The Bertz CT molecular complexity index is 757. The second kappa shape index (κ2) is 5.88. The van der Waals surface area contributed by atoms with Crippen LogP contribution in [-0.2, 0) is 0 Å². The van der Waals surface area contributed by atoms with Crippen molar-refractivity contribution in [3.8, 4) is 17.1 Å². The first-order valence-electron chi connectivity index (χ1n) is 6.41. The lowest BCUT2D eigenvalue weighted by Gasteiger charge is -2.04. The molecule has 0 radical (unpaired) electrons. The molecule has 3 heterocycles. The van der Waals surface area contributed by atoms with Gasteiger partial charge in [0.05, 0.1) is 7.11 Å². The molecular formula is C15H14N4OS. The van der Waals surface area contributed by atoms with Crippen molar-refractivity contribution >= 4 is 22.3 Å². The SMILES string of the molecule is COc1cccnc1-c1csc(Nc2cc(C)ccn2)n1. The molecular weight excluding hydrogens is 284 g/mol. The van der Waals surface area contributed by atoms with Crippen LogP contribution >= 0.6 is 11.3 Å². The molecule has 0 saturated heterocycles. The molecule has 6 heteroatoms. The highest BCUT2D eigenvalue weighted by molar-refractivity contribution is 7.14. The summed E-state index contributed by atoms with van der Waals surface area (Å²) in [5.74, 6) is 1.49. The Morgan fingerprint density at radius 1 is 1.19 bits per heavy atom. The van der Waals surface area contributed by atoms with Gasteiger partial charge in [-0.25, -0.2) is 9.97 Å². The normalized spacial score (nSPS) is 10.4. The number of ether oxygens (including phenoxy) is 1. The molecule has 0 aliphatic carbocycles. The van der Waals surface area contributed by atoms with Gasteiger partial charge in [0.15, 0.2) is 5.13 Å². The van der Waals surface area contributed by atoms with Gasteiger partial charge in [0.1, 0.15) is 23.0 Å². The van der Waals surface area contributed by atoms with Crippen LogP contribution in [0.1, 0.15) is 5.56 Å². The largest absolute Gasteiger partial charge is 0.494 e. The molecule has 106 valence electrons. The zero-order valence-electron chi connectivity index (χ0n) is 11.7. The Morgan fingerprint density at radius 2 is 2.10 bits per heavy atom. The quantitative estimate of drug-likeness (QED) is 0.796. The van der Waals surface area contributed by atoms with Crippen LogP contribution in [0.5, 0.6) is 5.75 Å². The van der Waals surface area contributed by atoms with Crippen LogP contribution in [0.2, 0.25) is 0 Å². The number of thiazole rings is 1. The second-order valence-corrected chi connectivity index (χ2v) is 5.29. The van der Waals surface area contributed by atoms with Crippen molar-refractivity contribution in [1.82, 2.24) is 15.0 Å². The lowest BCUT2D eigenvalue weighted by Crippen LogP contribution is -1.94. The van der Waals surface area contributed by atoms with Crippen LogP contribution in [-0.4, -0.2) is 22.1 Å². The van der Waals surface area contributed by atoms with Gasteiger partial charge in [-0.05, 0) is 36.8 Å². The van der Waals surface area contributed by atoms with Gasteiger partial charge in [-0.2, -0.15) is 0 Å². The predicted octanol–water partition coefficient (Wildman–Crippen LogP) is 3.66. The van der Waals surface area contributed by atoms with E-state index in [-0.39, 0.29) is 0 Å². The molecule has 21 heavy (non-hydrogen) atoms. The lowest BCUT2D eigenvalue weighted by molar-refractivity contribution is 0.414. The molecule has 3 rings (SSSR count). The molecule has 0 aromatic carbocycles. The summed E-state index contributed by atoms with van der Waals surface area (Å²) in [6, 6.07) is 7.64. The first-order valence-corrected chi connectivity index (χ1v) is 7.29. The van der Waals surface area contributed by atoms with Crippen molar-refractivity contribution in [1.29, 1.82) is 0 Å². The van der Waals surface area contributed by atoms with Crippen LogP contribution in [0.4, 0.5) is 10.9 Å². The third-order valence-electron chi connectivity index (χ3n) is 2.89. The van der Waals surface area contributed by atoms with Crippen LogP contribution in [0.25, 0.3) is 11.4 Å². The van der Waals surface area contributed by atoms with E-state index < -0.39 is 0 Å². The number of aromatic nitrogens is 3. The van der Waals surface area contributed by atoms with Crippen molar-refractivity contribution in [3.63, 3.8) is 0 Å². The van der Waals surface area contributed by atoms with Crippen LogP contribution in [0.3, 0.4) is 0 Å². The van der Waals surface area contributed by atoms with E-state index in [1.807, 2.05) is 36.6 Å². The topological polar surface area (TPSA) is 59.9 Å². The Kier molecular flexibility index (Phi) is 3.79. The Labute approximate surface area is 126 Å². The van der Waals surface area contributed by atoms with Gasteiger partial charge < -0.3 is 10.1 Å². The van der Waals surface area contributed by atoms with Gasteiger partial charge in [0, 0.05) is 17.8 Å². The first kappa shape index (κ1) is 13.5. The highest BCUT2D eigenvalue weighted by atomic mass is 32.1. The summed E-state index contributed by atoms with van der Waals surface area (Å²) >= 11 is 1.51. The average Bonchev–Trinajstić information content (AvgIpc) is 2.95. The maximum atomic E-state index is 5.31. The fourth-order valence-corrected chi connectivity index (χ4v) is 2.60. The average molecular weight is 298 g/mol. The number of pyridine rings is 2. The summed E-state index contributed by atoms with van der Waals surface area (Å²) < 4.78 is 5.31. The third-order valence-corrected chi connectivity index (χ3v) is 3.65. The van der Waals surface area contributed by atoms with E-state index in [4.69, 9.17) is 4.74 Å².